The van der Waals surface area contributed by atoms with Crippen molar-refractivity contribution in [3.63, 3.8) is 0 Å². The fourth-order valence-corrected chi connectivity index (χ4v) is 3.67. The van der Waals surface area contributed by atoms with Crippen LogP contribution in [0.4, 0.5) is 0 Å². The van der Waals surface area contributed by atoms with E-state index >= 15 is 0 Å². The number of rotatable bonds is 6. The first kappa shape index (κ1) is 15.9. The minimum absolute atomic E-state index is 0.0965. The SMILES string of the molecule is Cc1csc(CCNC(=O)CC2(C(=O)O)CCCCC2)n1. The number of hydrogen-bond donors (Lipinski definition) is 2. The van der Waals surface area contributed by atoms with E-state index in [1.165, 1.54) is 0 Å². The summed E-state index contributed by atoms with van der Waals surface area (Å²) in [7, 11) is 0. The topological polar surface area (TPSA) is 79.3 Å². The lowest BCUT2D eigenvalue weighted by atomic mass is 9.71. The van der Waals surface area contributed by atoms with E-state index in [9.17, 15) is 14.7 Å². The van der Waals surface area contributed by atoms with Crippen LogP contribution in [0.2, 0.25) is 0 Å². The normalized spacial score (nSPS) is 17.4. The van der Waals surface area contributed by atoms with Gasteiger partial charge >= 0.3 is 5.97 Å². The summed E-state index contributed by atoms with van der Waals surface area (Å²) < 4.78 is 0. The number of carbonyl (C=O) groups excluding carboxylic acids is 1. The number of aromatic nitrogens is 1. The lowest BCUT2D eigenvalue weighted by Gasteiger charge is -2.32. The maximum atomic E-state index is 12.0. The zero-order valence-corrected chi connectivity index (χ0v) is 13.2. The molecule has 0 aliphatic heterocycles. The van der Waals surface area contributed by atoms with Crippen molar-refractivity contribution in [2.24, 2.45) is 5.41 Å². The van der Waals surface area contributed by atoms with Gasteiger partial charge in [-0.15, -0.1) is 11.3 Å². The van der Waals surface area contributed by atoms with Crippen LogP contribution in [0.5, 0.6) is 0 Å². The number of carbonyl (C=O) groups is 2. The molecule has 1 heterocycles. The maximum absolute atomic E-state index is 12.0. The van der Waals surface area contributed by atoms with Crippen LogP contribution in [0.25, 0.3) is 0 Å². The number of thiazole rings is 1. The van der Waals surface area contributed by atoms with Gasteiger partial charge in [0.25, 0.3) is 0 Å². The molecule has 0 spiro atoms. The van der Waals surface area contributed by atoms with Crippen LogP contribution < -0.4 is 5.32 Å². The molecule has 1 aromatic heterocycles. The Bertz CT molecular complexity index is 507. The van der Waals surface area contributed by atoms with Gasteiger partial charge in [-0.2, -0.15) is 0 Å². The van der Waals surface area contributed by atoms with Crippen LogP contribution in [0.3, 0.4) is 0 Å². The monoisotopic (exact) mass is 310 g/mol. The van der Waals surface area contributed by atoms with Crippen molar-refractivity contribution in [2.45, 2.75) is 51.9 Å². The first-order valence-electron chi connectivity index (χ1n) is 7.43. The Balaban J connectivity index is 1.81. The molecule has 1 fully saturated rings. The molecule has 0 aromatic carbocycles. The molecular formula is C15H22N2O3S. The number of nitrogens with one attached hydrogen (secondary N) is 1. The van der Waals surface area contributed by atoms with Crippen molar-refractivity contribution >= 4 is 23.2 Å². The predicted octanol–water partition coefficient (Wildman–Crippen LogP) is 2.54. The first-order chi connectivity index (χ1) is 10.0. The van der Waals surface area contributed by atoms with Crippen molar-refractivity contribution in [1.82, 2.24) is 10.3 Å². The van der Waals surface area contributed by atoms with Gasteiger partial charge in [-0.1, -0.05) is 19.3 Å². The van der Waals surface area contributed by atoms with E-state index in [0.717, 1.165) is 30.0 Å². The van der Waals surface area contributed by atoms with Crippen LogP contribution >= 0.6 is 11.3 Å². The largest absolute Gasteiger partial charge is 0.481 e. The van der Waals surface area contributed by atoms with Gasteiger partial charge in [0.05, 0.1) is 10.4 Å². The molecule has 0 bridgehead atoms. The highest BCUT2D eigenvalue weighted by Crippen LogP contribution is 2.39. The molecule has 1 amide bonds. The van der Waals surface area contributed by atoms with E-state index in [4.69, 9.17) is 0 Å². The first-order valence-corrected chi connectivity index (χ1v) is 8.31. The van der Waals surface area contributed by atoms with Gasteiger partial charge in [-0.3, -0.25) is 9.59 Å². The van der Waals surface area contributed by atoms with E-state index in [1.54, 1.807) is 11.3 Å². The number of aryl methyl sites for hydroxylation is 1. The second-order valence-corrected chi connectivity index (χ2v) is 6.75. The van der Waals surface area contributed by atoms with Crippen molar-refractivity contribution in [2.75, 3.05) is 6.54 Å². The summed E-state index contributed by atoms with van der Waals surface area (Å²) in [5.74, 6) is -0.986. The molecule has 6 heteroatoms. The fraction of sp³-hybridized carbons (Fsp3) is 0.667. The molecule has 2 N–H and O–H groups in total. The van der Waals surface area contributed by atoms with Gasteiger partial charge in [0, 0.05) is 30.5 Å². The van der Waals surface area contributed by atoms with Gasteiger partial charge in [0.15, 0.2) is 0 Å². The molecule has 0 unspecified atom stereocenters. The quantitative estimate of drug-likeness (QED) is 0.846. The highest BCUT2D eigenvalue weighted by molar-refractivity contribution is 7.09. The number of nitrogens with zero attached hydrogens (tertiary/aromatic N) is 1. The van der Waals surface area contributed by atoms with Crippen LogP contribution in [0.1, 0.15) is 49.2 Å². The Morgan fingerprint density at radius 3 is 2.67 bits per heavy atom. The lowest BCUT2D eigenvalue weighted by molar-refractivity contribution is -0.154. The minimum atomic E-state index is -0.847. The number of aliphatic carboxylic acids is 1. The summed E-state index contributed by atoms with van der Waals surface area (Å²) in [6, 6.07) is 0. The molecule has 1 aliphatic rings. The summed E-state index contributed by atoms with van der Waals surface area (Å²) in [6.07, 6.45) is 4.89. The van der Waals surface area contributed by atoms with Gasteiger partial charge in [0.2, 0.25) is 5.91 Å². The third-order valence-corrected chi connectivity index (χ3v) is 5.12. The van der Waals surface area contributed by atoms with Gasteiger partial charge < -0.3 is 10.4 Å². The molecule has 1 saturated carbocycles. The molecule has 0 atom stereocenters. The van der Waals surface area contributed by atoms with E-state index in [-0.39, 0.29) is 12.3 Å². The molecule has 1 aromatic rings. The van der Waals surface area contributed by atoms with E-state index in [0.29, 0.717) is 25.8 Å². The van der Waals surface area contributed by atoms with E-state index in [2.05, 4.69) is 10.3 Å². The summed E-state index contributed by atoms with van der Waals surface area (Å²) in [5, 5.41) is 15.3. The summed E-state index contributed by atoms with van der Waals surface area (Å²) in [5.41, 5.74) is 0.147. The summed E-state index contributed by atoms with van der Waals surface area (Å²) in [6.45, 7) is 2.46. The van der Waals surface area contributed by atoms with E-state index < -0.39 is 11.4 Å². The van der Waals surface area contributed by atoms with Crippen molar-refractivity contribution in [3.05, 3.63) is 16.1 Å². The Kier molecular flexibility index (Phi) is 5.33. The van der Waals surface area contributed by atoms with Gasteiger partial charge in [0.1, 0.15) is 0 Å². The average molecular weight is 310 g/mol. The highest BCUT2D eigenvalue weighted by Gasteiger charge is 2.41. The number of carboxylic acid groups (broad SMARTS) is 1. The Morgan fingerprint density at radius 2 is 2.10 bits per heavy atom. The second kappa shape index (κ2) is 7.02. The molecule has 2 rings (SSSR count). The summed E-state index contributed by atoms with van der Waals surface area (Å²) >= 11 is 1.58. The zero-order chi connectivity index (χ0) is 15.3. The lowest BCUT2D eigenvalue weighted by Crippen LogP contribution is -2.39. The second-order valence-electron chi connectivity index (χ2n) is 5.81. The molecule has 21 heavy (non-hydrogen) atoms. The van der Waals surface area contributed by atoms with Gasteiger partial charge in [-0.25, -0.2) is 4.98 Å². The maximum Gasteiger partial charge on any atom is 0.310 e. The van der Waals surface area contributed by atoms with Crippen LogP contribution in [-0.2, 0) is 16.0 Å². The van der Waals surface area contributed by atoms with Crippen LogP contribution in [0.15, 0.2) is 5.38 Å². The number of amides is 1. The van der Waals surface area contributed by atoms with Crippen molar-refractivity contribution in [1.29, 1.82) is 0 Å². The highest BCUT2D eigenvalue weighted by atomic mass is 32.1. The third kappa shape index (κ3) is 4.27. The standard InChI is InChI=1S/C15H22N2O3S/c1-11-10-21-13(17-11)5-8-16-12(18)9-15(14(19)20)6-3-2-4-7-15/h10H,2-9H2,1H3,(H,16,18)(H,19,20). The van der Waals surface area contributed by atoms with Crippen molar-refractivity contribution in [3.8, 4) is 0 Å². The fourth-order valence-electron chi connectivity index (χ4n) is 2.89. The Morgan fingerprint density at radius 1 is 1.38 bits per heavy atom. The number of carboxylic acids is 1. The summed E-state index contributed by atoms with van der Waals surface area (Å²) in [4.78, 5) is 27.9. The average Bonchev–Trinajstić information content (AvgIpc) is 2.85. The Hall–Kier alpha value is -1.43. The molecular weight excluding hydrogens is 288 g/mol. The molecule has 5 nitrogen and oxygen atoms in total. The molecule has 0 saturated heterocycles. The Labute approximate surface area is 128 Å². The molecule has 0 radical (unpaired) electrons. The van der Waals surface area contributed by atoms with Crippen molar-refractivity contribution < 1.29 is 14.7 Å². The molecule has 1 aliphatic carbocycles. The predicted molar refractivity (Wildman–Crippen MR) is 81.3 cm³/mol. The van der Waals surface area contributed by atoms with Crippen LogP contribution in [0, 0.1) is 12.3 Å². The number of hydrogen-bond acceptors (Lipinski definition) is 4. The van der Waals surface area contributed by atoms with E-state index in [1.807, 2.05) is 12.3 Å². The van der Waals surface area contributed by atoms with Gasteiger partial charge in [-0.05, 0) is 19.8 Å². The molecule has 116 valence electrons. The third-order valence-electron chi connectivity index (χ3n) is 4.09. The minimum Gasteiger partial charge on any atom is -0.481 e. The smallest absolute Gasteiger partial charge is 0.310 e. The van der Waals surface area contributed by atoms with Crippen LogP contribution in [-0.4, -0.2) is 28.5 Å². The zero-order valence-electron chi connectivity index (χ0n) is 12.4.